The minimum Gasteiger partial charge on any atom is -0.444 e. The van der Waals surface area contributed by atoms with Gasteiger partial charge in [0.2, 0.25) is 5.91 Å². The van der Waals surface area contributed by atoms with Gasteiger partial charge < -0.3 is 20.3 Å². The van der Waals surface area contributed by atoms with Crippen molar-refractivity contribution in [3.63, 3.8) is 0 Å². The van der Waals surface area contributed by atoms with Crippen LogP contribution in [-0.4, -0.2) is 40.5 Å². The SMILES string of the molecule is CCc1ccc(C(C(=O)Nc2c(C)cccc2C)N(C(=O)C(CC(C)C)NC(=O)OC(C)(C)C)C(C)CCC(C)C)cc1. The predicted molar refractivity (Wildman–Crippen MR) is 176 cm³/mol. The van der Waals surface area contributed by atoms with Crippen molar-refractivity contribution in [3.8, 4) is 0 Å². The topological polar surface area (TPSA) is 87.7 Å². The Balaban J connectivity index is 2.68. The summed E-state index contributed by atoms with van der Waals surface area (Å²) in [5, 5.41) is 6.02. The van der Waals surface area contributed by atoms with Gasteiger partial charge in [0.1, 0.15) is 17.7 Å². The average Bonchev–Trinajstić information content (AvgIpc) is 2.90. The lowest BCUT2D eigenvalue weighted by Gasteiger charge is -2.39. The molecule has 0 fully saturated rings. The third-order valence-corrected chi connectivity index (χ3v) is 7.55. The largest absolute Gasteiger partial charge is 0.444 e. The predicted octanol–water partition coefficient (Wildman–Crippen LogP) is 8.14. The van der Waals surface area contributed by atoms with Crippen LogP contribution in [0.25, 0.3) is 0 Å². The fourth-order valence-corrected chi connectivity index (χ4v) is 5.21. The normalized spacial score (nSPS) is 13.8. The van der Waals surface area contributed by atoms with E-state index in [1.807, 2.05) is 77.1 Å². The molecular weight excluding hydrogens is 538 g/mol. The minimum absolute atomic E-state index is 0.113. The zero-order valence-electron chi connectivity index (χ0n) is 28.3. The number of amides is 3. The standard InChI is InChI=1S/C36H55N3O4/c1-12-28-18-20-29(21-19-28)32(33(40)38-31-25(6)14-13-15-26(31)7)39(27(8)17-16-23(2)3)34(41)30(22-24(4)5)37-35(42)43-36(9,10)11/h13-15,18-21,23-24,27,30,32H,12,16-17,22H2,1-11H3,(H,37,42)(H,38,40). The van der Waals surface area contributed by atoms with E-state index >= 15 is 0 Å². The van der Waals surface area contributed by atoms with Crippen LogP contribution in [-0.2, 0) is 20.7 Å². The van der Waals surface area contributed by atoms with E-state index < -0.39 is 23.8 Å². The smallest absolute Gasteiger partial charge is 0.408 e. The van der Waals surface area contributed by atoms with Gasteiger partial charge in [0, 0.05) is 11.7 Å². The minimum atomic E-state index is -0.908. The van der Waals surface area contributed by atoms with Gasteiger partial charge in [-0.3, -0.25) is 9.59 Å². The first-order chi connectivity index (χ1) is 20.0. The maximum atomic E-state index is 14.7. The van der Waals surface area contributed by atoms with Gasteiger partial charge in [-0.2, -0.15) is 0 Å². The number of benzene rings is 2. The Morgan fingerprint density at radius 3 is 1.93 bits per heavy atom. The molecule has 2 aromatic carbocycles. The molecule has 0 radical (unpaired) electrons. The fourth-order valence-electron chi connectivity index (χ4n) is 5.21. The van der Waals surface area contributed by atoms with E-state index in [0.717, 1.165) is 40.8 Å². The number of ether oxygens (including phenoxy) is 1. The summed E-state index contributed by atoms with van der Waals surface area (Å²) in [7, 11) is 0. The van der Waals surface area contributed by atoms with Crippen molar-refractivity contribution < 1.29 is 19.1 Å². The summed E-state index contributed by atoms with van der Waals surface area (Å²) < 4.78 is 5.54. The molecule has 238 valence electrons. The average molecular weight is 594 g/mol. The zero-order valence-corrected chi connectivity index (χ0v) is 28.3. The van der Waals surface area contributed by atoms with Crippen LogP contribution in [0.2, 0.25) is 0 Å². The quantitative estimate of drug-likeness (QED) is 0.245. The molecule has 3 atom stereocenters. The van der Waals surface area contributed by atoms with Crippen LogP contribution in [0.3, 0.4) is 0 Å². The van der Waals surface area contributed by atoms with Gasteiger partial charge in [0.05, 0.1) is 0 Å². The molecule has 2 aromatic rings. The Morgan fingerprint density at radius 2 is 1.44 bits per heavy atom. The molecule has 0 aliphatic rings. The molecule has 0 bridgehead atoms. The molecule has 0 aromatic heterocycles. The number of carbonyl (C=O) groups is 3. The number of nitrogens with zero attached hydrogens (tertiary/aromatic N) is 1. The maximum Gasteiger partial charge on any atom is 0.408 e. The lowest BCUT2D eigenvalue weighted by molar-refractivity contribution is -0.144. The van der Waals surface area contributed by atoms with Crippen molar-refractivity contribution >= 4 is 23.6 Å². The van der Waals surface area contributed by atoms with Crippen LogP contribution in [0.15, 0.2) is 42.5 Å². The number of nitrogens with one attached hydrogen (secondary N) is 2. The van der Waals surface area contributed by atoms with Crippen molar-refractivity contribution in [1.29, 1.82) is 0 Å². The highest BCUT2D eigenvalue weighted by atomic mass is 16.6. The highest BCUT2D eigenvalue weighted by Gasteiger charge is 2.39. The molecular formula is C36H55N3O4. The second-order valence-electron chi connectivity index (χ2n) is 13.6. The maximum absolute atomic E-state index is 14.7. The summed E-state index contributed by atoms with van der Waals surface area (Å²) in [6.07, 6.45) is 2.23. The number of carbonyl (C=O) groups excluding carboxylic acids is 3. The van der Waals surface area contributed by atoms with E-state index in [4.69, 9.17) is 4.74 Å². The molecule has 7 heteroatoms. The number of hydrogen-bond acceptors (Lipinski definition) is 4. The van der Waals surface area contributed by atoms with Crippen molar-refractivity contribution in [2.24, 2.45) is 11.8 Å². The Labute approximate surface area is 260 Å². The van der Waals surface area contributed by atoms with Crippen LogP contribution in [0.5, 0.6) is 0 Å². The summed E-state index contributed by atoms with van der Waals surface area (Å²) in [5.41, 5.74) is 3.80. The van der Waals surface area contributed by atoms with E-state index in [1.54, 1.807) is 25.7 Å². The van der Waals surface area contributed by atoms with Crippen LogP contribution < -0.4 is 10.6 Å². The summed E-state index contributed by atoms with van der Waals surface area (Å²) >= 11 is 0. The molecule has 2 N–H and O–H groups in total. The van der Waals surface area contributed by atoms with Gasteiger partial charge >= 0.3 is 6.09 Å². The third-order valence-electron chi connectivity index (χ3n) is 7.55. The van der Waals surface area contributed by atoms with Crippen molar-refractivity contribution in [3.05, 3.63) is 64.7 Å². The lowest BCUT2D eigenvalue weighted by atomic mass is 9.94. The van der Waals surface area contributed by atoms with Crippen LogP contribution in [0, 0.1) is 25.7 Å². The van der Waals surface area contributed by atoms with Gasteiger partial charge in [-0.15, -0.1) is 0 Å². The van der Waals surface area contributed by atoms with Gasteiger partial charge in [0.15, 0.2) is 0 Å². The molecule has 0 heterocycles. The zero-order chi connectivity index (χ0) is 32.5. The Bertz CT molecular complexity index is 1190. The molecule has 43 heavy (non-hydrogen) atoms. The summed E-state index contributed by atoms with van der Waals surface area (Å²) in [6, 6.07) is 11.8. The van der Waals surface area contributed by atoms with Crippen LogP contribution in [0.1, 0.15) is 110 Å². The van der Waals surface area contributed by atoms with E-state index in [0.29, 0.717) is 18.8 Å². The molecule has 0 aliphatic carbocycles. The van der Waals surface area contributed by atoms with Crippen LogP contribution >= 0.6 is 0 Å². The van der Waals surface area contributed by atoms with Gasteiger partial charge in [0.25, 0.3) is 5.91 Å². The monoisotopic (exact) mass is 593 g/mol. The van der Waals surface area contributed by atoms with Crippen molar-refractivity contribution in [1.82, 2.24) is 10.2 Å². The molecule has 3 unspecified atom stereocenters. The Hall–Kier alpha value is -3.35. The second-order valence-corrected chi connectivity index (χ2v) is 13.6. The number of aryl methyl sites for hydroxylation is 3. The number of hydrogen-bond donors (Lipinski definition) is 2. The molecule has 0 aliphatic heterocycles. The number of anilines is 1. The first-order valence-electron chi connectivity index (χ1n) is 15.8. The van der Waals surface area contributed by atoms with Gasteiger partial charge in [-0.1, -0.05) is 77.1 Å². The first kappa shape index (κ1) is 35.8. The second kappa shape index (κ2) is 15.9. The lowest BCUT2D eigenvalue weighted by Crippen LogP contribution is -2.55. The number of rotatable bonds is 13. The Morgan fingerprint density at radius 1 is 0.860 bits per heavy atom. The summed E-state index contributed by atoms with van der Waals surface area (Å²) in [5.74, 6) is -0.0390. The highest BCUT2D eigenvalue weighted by molar-refractivity contribution is 6.00. The van der Waals surface area contributed by atoms with Gasteiger partial charge in [-0.05, 0) is 101 Å². The number of alkyl carbamates (subject to hydrolysis) is 1. The van der Waals surface area contributed by atoms with E-state index in [2.05, 4.69) is 31.4 Å². The molecule has 0 saturated carbocycles. The first-order valence-corrected chi connectivity index (χ1v) is 15.8. The van der Waals surface area contributed by atoms with Crippen molar-refractivity contribution in [2.45, 2.75) is 126 Å². The van der Waals surface area contributed by atoms with E-state index in [9.17, 15) is 14.4 Å². The molecule has 3 amide bonds. The molecule has 7 nitrogen and oxygen atoms in total. The molecule has 0 saturated heterocycles. The molecule has 0 spiro atoms. The van der Waals surface area contributed by atoms with Gasteiger partial charge in [-0.25, -0.2) is 4.79 Å². The Kier molecular flexibility index (Phi) is 13.3. The van der Waals surface area contributed by atoms with Crippen LogP contribution in [0.4, 0.5) is 10.5 Å². The number of para-hydroxylation sites is 1. The van der Waals surface area contributed by atoms with E-state index in [1.165, 1.54) is 0 Å². The summed E-state index contributed by atoms with van der Waals surface area (Å²) in [4.78, 5) is 43.7. The fraction of sp³-hybridized carbons (Fsp3) is 0.583. The van der Waals surface area contributed by atoms with Crippen molar-refractivity contribution in [2.75, 3.05) is 5.32 Å². The third kappa shape index (κ3) is 11.0. The summed E-state index contributed by atoms with van der Waals surface area (Å²) in [6.45, 7) is 21.7. The molecule has 2 rings (SSSR count). The highest BCUT2D eigenvalue weighted by Crippen LogP contribution is 2.31. The van der Waals surface area contributed by atoms with E-state index in [-0.39, 0.29) is 23.8 Å².